The Kier molecular flexibility index (Phi) is 8.86. The maximum atomic E-state index is 8.80. The van der Waals surface area contributed by atoms with Crippen molar-refractivity contribution < 1.29 is 31.4 Å². The Balaban J connectivity index is 0.000000204. The van der Waals surface area contributed by atoms with E-state index in [0.717, 1.165) is 48.9 Å². The number of hydrogen-bond acceptors (Lipinski definition) is 4. The van der Waals surface area contributed by atoms with Gasteiger partial charge >= 0.3 is 145 Å². The fourth-order valence-corrected chi connectivity index (χ4v) is 8.84. The summed E-state index contributed by atoms with van der Waals surface area (Å²) in [5.74, 6) is 7.57. The van der Waals surface area contributed by atoms with Gasteiger partial charge in [0, 0.05) is 37.2 Å². The molecule has 4 aromatic heterocycles. The third kappa shape index (κ3) is 7.93. The van der Waals surface area contributed by atoms with Crippen LogP contribution in [0.5, 0.6) is 0 Å². The number of imidazole rings is 1. The minimum atomic E-state index is -2.36. The normalized spacial score (nSPS) is 14.0. The zero-order valence-electron chi connectivity index (χ0n) is 34.6. The number of fused-ring (bicyclic) bond motifs is 4. The predicted octanol–water partition coefficient (Wildman–Crippen LogP) is 10.7. The number of aryl methyl sites for hydroxylation is 2. The van der Waals surface area contributed by atoms with Crippen molar-refractivity contribution >= 4 is 50.8 Å². The van der Waals surface area contributed by atoms with Gasteiger partial charge in [0.2, 0.25) is 5.71 Å². The molecule has 7 aromatic rings. The van der Waals surface area contributed by atoms with Crippen LogP contribution in [0.15, 0.2) is 83.4 Å². The maximum absolute atomic E-state index is 8.80. The maximum Gasteiger partial charge on any atom is 0 e. The van der Waals surface area contributed by atoms with Crippen LogP contribution >= 0.6 is 0 Å². The van der Waals surface area contributed by atoms with Gasteiger partial charge in [0.25, 0.3) is 0 Å². The van der Waals surface area contributed by atoms with Gasteiger partial charge in [0.05, 0.1) is 22.4 Å². The molecule has 7 rings (SSSR count). The molecule has 0 bridgehead atoms. The summed E-state index contributed by atoms with van der Waals surface area (Å²) < 4.78 is 49.5. The second-order valence-electron chi connectivity index (χ2n) is 14.6. The molecule has 0 aliphatic heterocycles. The Labute approximate surface area is 314 Å². The van der Waals surface area contributed by atoms with E-state index in [2.05, 4.69) is 69.9 Å². The van der Waals surface area contributed by atoms with Crippen LogP contribution in [0.1, 0.15) is 64.3 Å². The molecular weight excluding hydrogens is 841 g/mol. The molecule has 5 nitrogen and oxygen atoms in total. The van der Waals surface area contributed by atoms with Gasteiger partial charge in [-0.05, 0) is 45.0 Å². The van der Waals surface area contributed by atoms with Crippen LogP contribution in [0.25, 0.3) is 55.7 Å². The SMILES string of the molecule is Cc1ccc2c(n1)oc1c(-c3nc4ccccc4n3C(C)C)[c-]ccc12.[2H]C([2H])([2H])c1c[c-]c(-c2cc(C([2H])([2H])C(C)(C)C)[c]([Ge]([CH3])([CH3])[CH3])cn2)cc1.[Ir]. The van der Waals surface area contributed by atoms with Gasteiger partial charge in [-0.25, -0.2) is 4.98 Å². The third-order valence-electron chi connectivity index (χ3n) is 8.08. The van der Waals surface area contributed by atoms with Crippen LogP contribution in [0.2, 0.25) is 17.3 Å². The third-order valence-corrected chi connectivity index (χ3v) is 12.3. The zero-order valence-corrected chi connectivity index (χ0v) is 34.1. The van der Waals surface area contributed by atoms with E-state index < -0.39 is 31.9 Å². The van der Waals surface area contributed by atoms with Gasteiger partial charge in [-0.3, -0.25) is 4.98 Å². The molecule has 3 aromatic carbocycles. The zero-order chi connectivity index (χ0) is 38.7. The number of pyridine rings is 2. The van der Waals surface area contributed by atoms with E-state index in [-0.39, 0.29) is 31.7 Å². The molecule has 49 heavy (non-hydrogen) atoms. The van der Waals surface area contributed by atoms with Crippen molar-refractivity contribution in [1.82, 2.24) is 19.5 Å². The van der Waals surface area contributed by atoms with Crippen molar-refractivity contribution in [3.05, 3.63) is 108 Å². The van der Waals surface area contributed by atoms with Gasteiger partial charge in [0.1, 0.15) is 0 Å². The molecule has 0 aliphatic rings. The molecule has 0 spiro atoms. The van der Waals surface area contributed by atoms with Crippen LogP contribution in [-0.2, 0) is 26.5 Å². The van der Waals surface area contributed by atoms with Crippen LogP contribution < -0.4 is 4.40 Å². The molecule has 4 heterocycles. The summed E-state index contributed by atoms with van der Waals surface area (Å²) >= 11 is -2.36. The van der Waals surface area contributed by atoms with Crippen molar-refractivity contribution in [3.8, 4) is 22.6 Å². The average molecular weight is 893 g/mol. The van der Waals surface area contributed by atoms with Gasteiger partial charge in [-0.1, -0.05) is 23.1 Å². The van der Waals surface area contributed by atoms with Crippen molar-refractivity contribution in [2.45, 2.75) is 78.1 Å². The van der Waals surface area contributed by atoms with E-state index in [1.165, 1.54) is 6.07 Å². The first kappa shape index (κ1) is 30.3. The van der Waals surface area contributed by atoms with E-state index in [4.69, 9.17) is 16.3 Å². The second kappa shape index (κ2) is 14.3. The largest absolute Gasteiger partial charge is 0 e. The molecule has 0 saturated heterocycles. The van der Waals surface area contributed by atoms with Crippen molar-refractivity contribution in [3.63, 3.8) is 0 Å². The van der Waals surface area contributed by atoms with Crippen LogP contribution in [0.3, 0.4) is 0 Å². The van der Waals surface area contributed by atoms with Gasteiger partial charge in [-0.15, -0.1) is 18.2 Å². The van der Waals surface area contributed by atoms with E-state index in [1.54, 1.807) is 12.1 Å². The first-order valence-electron chi connectivity index (χ1n) is 18.9. The molecule has 0 saturated carbocycles. The molecule has 0 aliphatic carbocycles. The molecule has 0 N–H and O–H groups in total. The summed E-state index contributed by atoms with van der Waals surface area (Å²) in [7, 11) is 0. The monoisotopic (exact) mass is 894 g/mol. The summed E-state index contributed by atoms with van der Waals surface area (Å²) in [5.41, 5.74) is 7.01. The number of nitrogens with zero attached hydrogens (tertiary/aromatic N) is 4. The first-order chi connectivity index (χ1) is 24.7. The summed E-state index contributed by atoms with van der Waals surface area (Å²) in [5, 5.41) is 2.07. The summed E-state index contributed by atoms with van der Waals surface area (Å²) in [4.78, 5) is 14.0. The van der Waals surface area contributed by atoms with Crippen LogP contribution in [0.4, 0.5) is 0 Å². The Morgan fingerprint density at radius 2 is 1.76 bits per heavy atom. The van der Waals surface area contributed by atoms with Crippen molar-refractivity contribution in [2.75, 3.05) is 0 Å². The minimum Gasteiger partial charge on any atom is 0 e. The molecular formula is C42H46GeIrN4O-2. The van der Waals surface area contributed by atoms with Crippen LogP contribution in [-0.4, -0.2) is 32.8 Å². The number of furan rings is 1. The first-order valence-corrected chi connectivity index (χ1v) is 23.7. The smallest absolute Gasteiger partial charge is 0 e. The number of hydrogen-bond donors (Lipinski definition) is 0. The predicted molar refractivity (Wildman–Crippen MR) is 204 cm³/mol. The van der Waals surface area contributed by atoms with E-state index in [9.17, 15) is 0 Å². The van der Waals surface area contributed by atoms with Gasteiger partial charge in [-0.2, -0.15) is 0 Å². The van der Waals surface area contributed by atoms with Crippen molar-refractivity contribution in [1.29, 1.82) is 0 Å². The Hall–Kier alpha value is -3.58. The molecule has 7 heteroatoms. The molecule has 0 unspecified atom stereocenters. The fraction of sp³-hybridized carbons (Fsp3) is 0.310. The molecule has 1 radical (unpaired) electrons. The minimum absolute atomic E-state index is 0. The summed E-state index contributed by atoms with van der Waals surface area (Å²) in [6, 6.07) is 29.5. The van der Waals surface area contributed by atoms with E-state index in [1.807, 2.05) is 76.4 Å². The van der Waals surface area contributed by atoms with Gasteiger partial charge in [0.15, 0.2) is 0 Å². The Morgan fingerprint density at radius 1 is 0.980 bits per heavy atom. The molecule has 0 atom stereocenters. The van der Waals surface area contributed by atoms with Crippen LogP contribution in [0, 0.1) is 31.3 Å². The second-order valence-corrected chi connectivity index (χ2v) is 25.2. The number of rotatable bonds is 5. The topological polar surface area (TPSA) is 56.7 Å². The molecule has 0 fully saturated rings. The standard InChI is InChI=1S/C22H18N3O.C20H28GeN.Ir/c1-13(2)25-19-10-5-4-9-18(19)24-21(25)17-8-6-7-15-16-12-11-14(3)23-22(16)26-20(15)17;1-15-8-10-16(11-9-15)19-12-17(13-20(2,3)4)18(14-22-19)21(5,6)7;/h4-7,9-13H,1-3H3;8-10,12,14H,13H2,1-7H3;/q2*-1;/i;1D3,13D2;. The number of benzene rings is 3. The molecule has 255 valence electrons. The number of para-hydroxylation sites is 2. The molecule has 0 amide bonds. The quantitative estimate of drug-likeness (QED) is 0.128. The van der Waals surface area contributed by atoms with Crippen molar-refractivity contribution in [2.24, 2.45) is 5.41 Å². The Bertz CT molecular complexity index is 2440. The van der Waals surface area contributed by atoms with Gasteiger partial charge < -0.3 is 8.98 Å². The average Bonchev–Trinajstić information content (AvgIpc) is 3.65. The fourth-order valence-electron chi connectivity index (χ4n) is 5.92. The summed E-state index contributed by atoms with van der Waals surface area (Å²) in [6.45, 7) is 9.86. The summed E-state index contributed by atoms with van der Waals surface area (Å²) in [6.07, 6.45) is 0.303. The number of aromatic nitrogens is 4. The van der Waals surface area contributed by atoms with E-state index >= 15 is 0 Å². The Morgan fingerprint density at radius 3 is 2.43 bits per heavy atom. The van der Waals surface area contributed by atoms with E-state index in [0.29, 0.717) is 22.5 Å².